The lowest BCUT2D eigenvalue weighted by Crippen LogP contribution is -2.35. The van der Waals surface area contributed by atoms with Crippen LogP contribution in [0.2, 0.25) is 10.0 Å². The lowest BCUT2D eigenvalue weighted by Gasteiger charge is -2.25. The topological polar surface area (TPSA) is 92.8 Å². The van der Waals surface area contributed by atoms with Crippen LogP contribution in [-0.4, -0.2) is 44.3 Å². The van der Waals surface area contributed by atoms with E-state index >= 15 is 0 Å². The fourth-order valence-electron chi connectivity index (χ4n) is 3.01. The van der Waals surface area contributed by atoms with E-state index in [4.69, 9.17) is 27.9 Å². The van der Waals surface area contributed by atoms with Crippen LogP contribution < -0.4 is 5.32 Å². The van der Waals surface area contributed by atoms with Crippen molar-refractivity contribution in [2.75, 3.05) is 25.0 Å². The monoisotopic (exact) mass is 470 g/mol. The standard InChI is InChI=1S/C20H20Cl2N2O5S/c21-15-6-9-18(17(22)12-15)23-19(25)13-29-20(26)14-4-7-16(8-5-14)30(27,28)24-10-2-1-3-11-24/h4-9,12H,1-3,10-11,13H2,(H,23,25). The number of nitrogens with zero attached hydrogens (tertiary/aromatic N) is 1. The molecule has 2 aromatic carbocycles. The molecule has 0 radical (unpaired) electrons. The smallest absolute Gasteiger partial charge is 0.338 e. The maximum atomic E-state index is 12.6. The van der Waals surface area contributed by atoms with Gasteiger partial charge in [-0.05, 0) is 55.3 Å². The Balaban J connectivity index is 1.57. The number of carbonyl (C=O) groups excluding carboxylic acids is 2. The molecule has 0 spiro atoms. The number of halogens is 2. The number of sulfonamides is 1. The number of amides is 1. The first kappa shape index (κ1) is 22.6. The Morgan fingerprint density at radius 2 is 1.67 bits per heavy atom. The molecule has 160 valence electrons. The number of carbonyl (C=O) groups is 2. The van der Waals surface area contributed by atoms with Crippen LogP contribution in [0.1, 0.15) is 29.6 Å². The molecule has 1 heterocycles. The van der Waals surface area contributed by atoms with Crippen LogP contribution in [0, 0.1) is 0 Å². The van der Waals surface area contributed by atoms with Crippen molar-refractivity contribution in [1.29, 1.82) is 0 Å². The second kappa shape index (κ2) is 9.78. The largest absolute Gasteiger partial charge is 0.452 e. The quantitative estimate of drug-likeness (QED) is 0.644. The molecule has 10 heteroatoms. The van der Waals surface area contributed by atoms with Crippen LogP contribution in [0.3, 0.4) is 0 Å². The number of benzene rings is 2. The number of rotatable bonds is 6. The van der Waals surface area contributed by atoms with Gasteiger partial charge in [0, 0.05) is 18.1 Å². The molecule has 0 bridgehead atoms. The van der Waals surface area contributed by atoms with Crippen LogP contribution in [0.15, 0.2) is 47.4 Å². The van der Waals surface area contributed by atoms with Gasteiger partial charge >= 0.3 is 5.97 Å². The minimum Gasteiger partial charge on any atom is -0.452 e. The van der Waals surface area contributed by atoms with Crippen molar-refractivity contribution >= 4 is 50.8 Å². The van der Waals surface area contributed by atoms with E-state index < -0.39 is 28.5 Å². The van der Waals surface area contributed by atoms with Crippen LogP contribution in [0.5, 0.6) is 0 Å². The highest BCUT2D eigenvalue weighted by molar-refractivity contribution is 7.89. The molecule has 0 saturated carbocycles. The predicted octanol–water partition coefficient (Wildman–Crippen LogP) is 3.96. The summed E-state index contributed by atoms with van der Waals surface area (Å²) in [5.41, 5.74) is 0.485. The van der Waals surface area contributed by atoms with Crippen molar-refractivity contribution in [2.24, 2.45) is 0 Å². The minimum atomic E-state index is -3.58. The van der Waals surface area contributed by atoms with Gasteiger partial charge in [-0.15, -0.1) is 0 Å². The van der Waals surface area contributed by atoms with Gasteiger partial charge in [-0.25, -0.2) is 13.2 Å². The predicted molar refractivity (Wildman–Crippen MR) is 114 cm³/mol. The van der Waals surface area contributed by atoms with Gasteiger partial charge in [0.25, 0.3) is 5.91 Å². The number of hydrogen-bond acceptors (Lipinski definition) is 5. The first-order valence-electron chi connectivity index (χ1n) is 9.29. The third-order valence-electron chi connectivity index (χ3n) is 4.58. The minimum absolute atomic E-state index is 0.121. The van der Waals surface area contributed by atoms with Gasteiger partial charge in [0.05, 0.1) is 21.2 Å². The summed E-state index contributed by atoms with van der Waals surface area (Å²) in [6, 6.07) is 10.0. The maximum Gasteiger partial charge on any atom is 0.338 e. The molecule has 1 fully saturated rings. The molecule has 1 N–H and O–H groups in total. The van der Waals surface area contributed by atoms with Crippen LogP contribution in [0.25, 0.3) is 0 Å². The summed E-state index contributed by atoms with van der Waals surface area (Å²) >= 11 is 11.8. The second-order valence-corrected chi connectivity index (χ2v) is 9.52. The van der Waals surface area contributed by atoms with E-state index in [-0.39, 0.29) is 15.5 Å². The number of ether oxygens (including phenoxy) is 1. The highest BCUT2D eigenvalue weighted by Gasteiger charge is 2.26. The van der Waals surface area contributed by atoms with Crippen LogP contribution in [-0.2, 0) is 19.6 Å². The molecular weight excluding hydrogens is 451 g/mol. The Bertz CT molecular complexity index is 1040. The Morgan fingerprint density at radius 3 is 2.30 bits per heavy atom. The van der Waals surface area contributed by atoms with E-state index in [1.54, 1.807) is 6.07 Å². The fourth-order valence-corrected chi connectivity index (χ4v) is 4.98. The lowest BCUT2D eigenvalue weighted by molar-refractivity contribution is -0.119. The van der Waals surface area contributed by atoms with Gasteiger partial charge in [-0.1, -0.05) is 29.6 Å². The Kier molecular flexibility index (Phi) is 7.36. The molecule has 3 rings (SSSR count). The van der Waals surface area contributed by atoms with E-state index in [0.717, 1.165) is 19.3 Å². The molecule has 1 aliphatic heterocycles. The summed E-state index contributed by atoms with van der Waals surface area (Å²) in [4.78, 5) is 24.3. The van der Waals surface area contributed by atoms with E-state index in [2.05, 4.69) is 5.32 Å². The zero-order valence-corrected chi connectivity index (χ0v) is 18.3. The average molecular weight is 471 g/mol. The van der Waals surface area contributed by atoms with Gasteiger partial charge in [-0.2, -0.15) is 4.31 Å². The van der Waals surface area contributed by atoms with Gasteiger partial charge in [-0.3, -0.25) is 4.79 Å². The normalized spacial score (nSPS) is 14.9. The molecule has 1 saturated heterocycles. The van der Waals surface area contributed by atoms with Crippen molar-refractivity contribution in [3.63, 3.8) is 0 Å². The summed E-state index contributed by atoms with van der Waals surface area (Å²) in [6.45, 7) is 0.476. The third kappa shape index (κ3) is 5.51. The number of hydrogen-bond donors (Lipinski definition) is 1. The van der Waals surface area contributed by atoms with E-state index in [9.17, 15) is 18.0 Å². The molecule has 0 aliphatic carbocycles. The summed E-state index contributed by atoms with van der Waals surface area (Å²) in [5.74, 6) is -1.31. The van der Waals surface area contributed by atoms with Crippen molar-refractivity contribution in [3.05, 3.63) is 58.1 Å². The van der Waals surface area contributed by atoms with Crippen LogP contribution >= 0.6 is 23.2 Å². The Morgan fingerprint density at radius 1 is 1.00 bits per heavy atom. The fraction of sp³-hybridized carbons (Fsp3) is 0.300. The van der Waals surface area contributed by atoms with Gasteiger partial charge < -0.3 is 10.1 Å². The maximum absolute atomic E-state index is 12.6. The molecule has 1 aliphatic rings. The Labute approximate surface area is 185 Å². The highest BCUT2D eigenvalue weighted by atomic mass is 35.5. The molecule has 1 amide bonds. The zero-order chi connectivity index (χ0) is 21.7. The SMILES string of the molecule is O=C(COC(=O)c1ccc(S(=O)(=O)N2CCCCC2)cc1)Nc1ccc(Cl)cc1Cl. The van der Waals surface area contributed by atoms with E-state index in [0.29, 0.717) is 23.8 Å². The summed E-state index contributed by atoms with van der Waals surface area (Å²) < 4.78 is 31.7. The molecule has 0 aromatic heterocycles. The highest BCUT2D eigenvalue weighted by Crippen LogP contribution is 2.25. The van der Waals surface area contributed by atoms with Gasteiger partial charge in [0.15, 0.2) is 6.61 Å². The Hall–Kier alpha value is -2.13. The molecule has 0 atom stereocenters. The number of piperidine rings is 1. The number of esters is 1. The van der Waals surface area contributed by atoms with Crippen LogP contribution in [0.4, 0.5) is 5.69 Å². The van der Waals surface area contributed by atoms with Crippen molar-refractivity contribution in [2.45, 2.75) is 24.2 Å². The molecule has 2 aromatic rings. The molecule has 7 nitrogen and oxygen atoms in total. The van der Waals surface area contributed by atoms with Gasteiger partial charge in [0.1, 0.15) is 0 Å². The van der Waals surface area contributed by atoms with Gasteiger partial charge in [0.2, 0.25) is 10.0 Å². The second-order valence-electron chi connectivity index (χ2n) is 6.74. The third-order valence-corrected chi connectivity index (χ3v) is 7.04. The zero-order valence-electron chi connectivity index (χ0n) is 15.9. The molecule has 0 unspecified atom stereocenters. The lowest BCUT2D eigenvalue weighted by atomic mass is 10.2. The van der Waals surface area contributed by atoms with E-state index in [1.807, 2.05) is 0 Å². The number of anilines is 1. The summed E-state index contributed by atoms with van der Waals surface area (Å²) in [7, 11) is -3.58. The number of nitrogens with one attached hydrogen (secondary N) is 1. The summed E-state index contributed by atoms with van der Waals surface area (Å²) in [5, 5.41) is 3.20. The first-order chi connectivity index (χ1) is 14.3. The molecule has 30 heavy (non-hydrogen) atoms. The summed E-state index contributed by atoms with van der Waals surface area (Å²) in [6.07, 6.45) is 2.70. The average Bonchev–Trinajstić information content (AvgIpc) is 2.75. The molecular formula is C20H20Cl2N2O5S. The first-order valence-corrected chi connectivity index (χ1v) is 11.5. The van der Waals surface area contributed by atoms with Crippen molar-refractivity contribution in [3.8, 4) is 0 Å². The van der Waals surface area contributed by atoms with E-state index in [1.165, 1.54) is 40.7 Å². The van der Waals surface area contributed by atoms with Crippen molar-refractivity contribution < 1.29 is 22.7 Å². The van der Waals surface area contributed by atoms with Crippen molar-refractivity contribution in [1.82, 2.24) is 4.31 Å².